The lowest BCUT2D eigenvalue weighted by Gasteiger charge is -2.32. The minimum Gasteiger partial charge on any atom is -0.497 e. The molecule has 0 radical (unpaired) electrons. The molecule has 0 saturated carbocycles. The number of carbonyl (C=O) groups excluding carboxylic acids is 2. The number of sulfonamides is 1. The van der Waals surface area contributed by atoms with E-state index in [1.165, 1.54) is 35.2 Å². The van der Waals surface area contributed by atoms with Gasteiger partial charge in [0.1, 0.15) is 18.3 Å². The van der Waals surface area contributed by atoms with Crippen LogP contribution in [0, 0.1) is 6.92 Å². The van der Waals surface area contributed by atoms with Crippen molar-refractivity contribution in [1.82, 2.24) is 10.2 Å². The summed E-state index contributed by atoms with van der Waals surface area (Å²) in [6.07, 6.45) is 1.70. The fourth-order valence-electron chi connectivity index (χ4n) is 4.05. The number of amides is 2. The highest BCUT2D eigenvalue weighted by molar-refractivity contribution is 7.92. The van der Waals surface area contributed by atoms with Gasteiger partial charge in [-0.15, -0.1) is 0 Å². The van der Waals surface area contributed by atoms with Crippen molar-refractivity contribution < 1.29 is 22.7 Å². The molecule has 0 aliphatic heterocycles. The van der Waals surface area contributed by atoms with Crippen molar-refractivity contribution in [3.8, 4) is 5.75 Å². The van der Waals surface area contributed by atoms with E-state index in [9.17, 15) is 18.0 Å². The van der Waals surface area contributed by atoms with Crippen molar-refractivity contribution in [3.05, 3.63) is 87.9 Å². The normalized spacial score (nSPS) is 12.0. The predicted octanol–water partition coefficient (Wildman–Crippen LogP) is 5.84. The summed E-state index contributed by atoms with van der Waals surface area (Å²) in [5, 5.41) is 3.25. The Morgan fingerprint density at radius 1 is 0.976 bits per heavy atom. The maximum Gasteiger partial charge on any atom is 0.264 e. The molecule has 0 saturated heterocycles. The minimum absolute atomic E-state index is 0.00836. The van der Waals surface area contributed by atoms with Crippen LogP contribution in [0.25, 0.3) is 0 Å². The molecule has 0 spiro atoms. The number of aryl methyl sites for hydroxylation is 1. The standard InChI is InChI=1S/C30H35Cl2N3O5S/c1-5-6-17-33-30(37)22(3)34(19-23-9-12-25(40-4)13-10-23)29(36)20-35(24-11-16-27(31)28(32)18-24)41(38,39)26-14-7-21(2)8-15-26/h7-16,18,22H,5-6,17,19-20H2,1-4H3,(H,33,37). The van der Waals surface area contributed by atoms with Crippen LogP contribution < -0.4 is 14.4 Å². The average molecular weight is 621 g/mol. The fourth-order valence-corrected chi connectivity index (χ4v) is 5.75. The average Bonchev–Trinajstić information content (AvgIpc) is 2.96. The van der Waals surface area contributed by atoms with E-state index in [1.807, 2.05) is 13.8 Å². The highest BCUT2D eigenvalue weighted by Crippen LogP contribution is 2.31. The zero-order valence-electron chi connectivity index (χ0n) is 23.6. The molecule has 0 aliphatic carbocycles. The van der Waals surface area contributed by atoms with Gasteiger partial charge in [0.2, 0.25) is 11.8 Å². The van der Waals surface area contributed by atoms with Crippen LogP contribution in [-0.2, 0) is 26.2 Å². The summed E-state index contributed by atoms with van der Waals surface area (Å²) >= 11 is 12.3. The van der Waals surface area contributed by atoms with Crippen LogP contribution in [0.2, 0.25) is 10.0 Å². The van der Waals surface area contributed by atoms with Crippen LogP contribution >= 0.6 is 23.2 Å². The summed E-state index contributed by atoms with van der Waals surface area (Å²) in [5.41, 5.74) is 1.79. The molecule has 0 bridgehead atoms. The molecule has 1 N–H and O–H groups in total. The first-order valence-electron chi connectivity index (χ1n) is 13.2. The van der Waals surface area contributed by atoms with E-state index in [1.54, 1.807) is 50.4 Å². The number of rotatable bonds is 13. The van der Waals surface area contributed by atoms with Crippen LogP contribution in [-0.4, -0.2) is 51.4 Å². The lowest BCUT2D eigenvalue weighted by atomic mass is 10.1. The van der Waals surface area contributed by atoms with Crippen LogP contribution in [0.5, 0.6) is 5.75 Å². The number of ether oxygens (including phenoxy) is 1. The van der Waals surface area contributed by atoms with Crippen molar-refractivity contribution in [3.63, 3.8) is 0 Å². The second-order valence-electron chi connectivity index (χ2n) is 9.61. The van der Waals surface area contributed by atoms with Crippen LogP contribution in [0.4, 0.5) is 5.69 Å². The molecule has 0 aromatic heterocycles. The molecule has 0 aliphatic rings. The van der Waals surface area contributed by atoms with Crippen molar-refractivity contribution >= 4 is 50.7 Å². The van der Waals surface area contributed by atoms with E-state index in [4.69, 9.17) is 27.9 Å². The maximum atomic E-state index is 14.0. The fraction of sp³-hybridized carbons (Fsp3) is 0.333. The number of benzene rings is 3. The molecule has 41 heavy (non-hydrogen) atoms. The topological polar surface area (TPSA) is 96.0 Å². The molecular formula is C30H35Cl2N3O5S. The summed E-state index contributed by atoms with van der Waals surface area (Å²) in [4.78, 5) is 28.4. The Kier molecular flexibility index (Phi) is 11.5. The SMILES string of the molecule is CCCCNC(=O)C(C)N(Cc1ccc(OC)cc1)C(=O)CN(c1ccc(Cl)c(Cl)c1)S(=O)(=O)c1ccc(C)cc1. The number of carbonyl (C=O) groups is 2. The number of nitrogens with zero attached hydrogens (tertiary/aromatic N) is 2. The monoisotopic (exact) mass is 619 g/mol. The maximum absolute atomic E-state index is 14.0. The van der Waals surface area contributed by atoms with Crippen molar-refractivity contribution in [2.45, 2.75) is 51.1 Å². The van der Waals surface area contributed by atoms with Gasteiger partial charge in [0.05, 0.1) is 27.7 Å². The third kappa shape index (κ3) is 8.38. The van der Waals surface area contributed by atoms with E-state index in [0.29, 0.717) is 12.3 Å². The first-order chi connectivity index (χ1) is 19.5. The van der Waals surface area contributed by atoms with E-state index >= 15 is 0 Å². The quantitative estimate of drug-likeness (QED) is 0.243. The summed E-state index contributed by atoms with van der Waals surface area (Å²) in [5.74, 6) is -0.254. The molecule has 3 aromatic carbocycles. The molecule has 1 unspecified atom stereocenters. The third-order valence-corrected chi connectivity index (χ3v) is 9.11. The van der Waals surface area contributed by atoms with Gasteiger partial charge in [-0.1, -0.05) is 66.4 Å². The van der Waals surface area contributed by atoms with Crippen molar-refractivity contribution in [1.29, 1.82) is 0 Å². The molecule has 8 nitrogen and oxygen atoms in total. The summed E-state index contributed by atoms with van der Waals surface area (Å²) in [7, 11) is -2.65. The van der Waals surface area contributed by atoms with Gasteiger partial charge < -0.3 is 15.0 Å². The molecule has 220 valence electrons. The number of halogens is 2. The summed E-state index contributed by atoms with van der Waals surface area (Å²) in [6, 6.07) is 16.9. The van der Waals surface area contributed by atoms with Gasteiger partial charge in [0, 0.05) is 13.1 Å². The van der Waals surface area contributed by atoms with Gasteiger partial charge in [0.25, 0.3) is 10.0 Å². The number of anilines is 1. The van der Waals surface area contributed by atoms with Gasteiger partial charge in [-0.3, -0.25) is 13.9 Å². The van der Waals surface area contributed by atoms with Gasteiger partial charge in [-0.25, -0.2) is 8.42 Å². The zero-order chi connectivity index (χ0) is 30.2. The Balaban J connectivity index is 2.02. The van der Waals surface area contributed by atoms with Crippen LogP contribution in [0.15, 0.2) is 71.6 Å². The summed E-state index contributed by atoms with van der Waals surface area (Å²) in [6.45, 7) is 5.46. The number of hydrogen-bond acceptors (Lipinski definition) is 5. The first-order valence-corrected chi connectivity index (χ1v) is 15.4. The van der Waals surface area contributed by atoms with E-state index in [-0.39, 0.29) is 33.1 Å². The molecule has 0 heterocycles. The Morgan fingerprint density at radius 2 is 1.63 bits per heavy atom. The Bertz CT molecular complexity index is 1450. The Hall–Kier alpha value is -3.27. The Morgan fingerprint density at radius 3 is 2.22 bits per heavy atom. The molecule has 1 atom stereocenters. The van der Waals surface area contributed by atoms with E-state index < -0.39 is 28.5 Å². The number of unbranched alkanes of at least 4 members (excludes halogenated alkanes) is 1. The van der Waals surface area contributed by atoms with Gasteiger partial charge in [-0.2, -0.15) is 0 Å². The smallest absolute Gasteiger partial charge is 0.264 e. The minimum atomic E-state index is -4.21. The molecular weight excluding hydrogens is 585 g/mol. The predicted molar refractivity (Wildman–Crippen MR) is 163 cm³/mol. The molecule has 3 aromatic rings. The van der Waals surface area contributed by atoms with Gasteiger partial charge in [-0.05, 0) is 68.3 Å². The third-order valence-electron chi connectivity index (χ3n) is 6.59. The first kappa shape index (κ1) is 32.2. The van der Waals surface area contributed by atoms with Crippen molar-refractivity contribution in [2.75, 3.05) is 24.5 Å². The van der Waals surface area contributed by atoms with E-state index in [2.05, 4.69) is 5.32 Å². The van der Waals surface area contributed by atoms with Crippen LogP contribution in [0.3, 0.4) is 0 Å². The molecule has 11 heteroatoms. The highest BCUT2D eigenvalue weighted by Gasteiger charge is 2.32. The molecule has 0 fully saturated rings. The Labute approximate surface area is 252 Å². The highest BCUT2D eigenvalue weighted by atomic mass is 35.5. The summed E-state index contributed by atoms with van der Waals surface area (Å²) < 4.78 is 34.0. The molecule has 3 rings (SSSR count). The lowest BCUT2D eigenvalue weighted by molar-refractivity contribution is -0.139. The van der Waals surface area contributed by atoms with E-state index in [0.717, 1.165) is 28.3 Å². The van der Waals surface area contributed by atoms with Gasteiger partial charge >= 0.3 is 0 Å². The number of methoxy groups -OCH3 is 1. The van der Waals surface area contributed by atoms with Crippen molar-refractivity contribution in [2.24, 2.45) is 0 Å². The molecule has 2 amide bonds. The second-order valence-corrected chi connectivity index (χ2v) is 12.3. The zero-order valence-corrected chi connectivity index (χ0v) is 25.9. The largest absolute Gasteiger partial charge is 0.497 e. The number of hydrogen-bond donors (Lipinski definition) is 1. The number of nitrogens with one attached hydrogen (secondary N) is 1. The van der Waals surface area contributed by atoms with Crippen LogP contribution in [0.1, 0.15) is 37.8 Å². The lowest BCUT2D eigenvalue weighted by Crippen LogP contribution is -2.51. The van der Waals surface area contributed by atoms with Gasteiger partial charge in [0.15, 0.2) is 0 Å². The second kappa shape index (κ2) is 14.6.